The molecule has 1 N–H and O–H groups in total. The summed E-state index contributed by atoms with van der Waals surface area (Å²) < 4.78 is 13.6. The lowest BCUT2D eigenvalue weighted by atomic mass is 10.2. The zero-order valence-electron chi connectivity index (χ0n) is 6.31. The molecule has 0 radical (unpaired) electrons. The van der Waals surface area contributed by atoms with Gasteiger partial charge in [0.05, 0.1) is 21.9 Å². The van der Waals surface area contributed by atoms with Crippen LogP contribution in [0.1, 0.15) is 5.56 Å². The Hall–Kier alpha value is -1.41. The fourth-order valence-electron chi connectivity index (χ4n) is 1.13. The minimum absolute atomic E-state index is 0.186. The van der Waals surface area contributed by atoms with Crippen LogP contribution in [0.4, 0.5) is 4.39 Å². The van der Waals surface area contributed by atoms with Gasteiger partial charge in [0.1, 0.15) is 11.6 Å². The molecule has 0 aliphatic carbocycles. The third-order valence-electron chi connectivity index (χ3n) is 1.72. The summed E-state index contributed by atoms with van der Waals surface area (Å²) in [6.45, 7) is 0. The van der Waals surface area contributed by atoms with E-state index in [0.717, 1.165) is 0 Å². The largest absolute Gasteiger partial charge is 0.343 e. The lowest BCUT2D eigenvalue weighted by Gasteiger charge is -1.96. The van der Waals surface area contributed by atoms with Crippen molar-refractivity contribution in [3.05, 3.63) is 28.2 Å². The number of nitrogens with one attached hydrogen (secondary N) is 1. The highest BCUT2D eigenvalue weighted by Gasteiger charge is 2.11. The van der Waals surface area contributed by atoms with Crippen molar-refractivity contribution in [2.75, 3.05) is 0 Å². The topological polar surface area (TPSA) is 52.5 Å². The number of aromatic nitrogens is 2. The maximum absolute atomic E-state index is 13.3. The van der Waals surface area contributed by atoms with Crippen molar-refractivity contribution in [2.24, 2.45) is 0 Å². The predicted molar refractivity (Wildman–Crippen MR) is 48.5 cm³/mol. The molecule has 64 valence electrons. The fourth-order valence-corrected chi connectivity index (χ4v) is 1.55. The molecule has 0 fully saturated rings. The minimum Gasteiger partial charge on any atom is -0.343 e. The van der Waals surface area contributed by atoms with Gasteiger partial charge in [0.2, 0.25) is 0 Å². The average molecular weight is 240 g/mol. The van der Waals surface area contributed by atoms with E-state index < -0.39 is 5.82 Å². The Kier molecular flexibility index (Phi) is 1.78. The van der Waals surface area contributed by atoms with Gasteiger partial charge >= 0.3 is 0 Å². The highest BCUT2D eigenvalue weighted by atomic mass is 79.9. The first-order valence-corrected chi connectivity index (χ1v) is 4.24. The first kappa shape index (κ1) is 8.20. The van der Waals surface area contributed by atoms with Crippen molar-refractivity contribution in [2.45, 2.75) is 0 Å². The average Bonchev–Trinajstić information content (AvgIpc) is 2.60. The van der Waals surface area contributed by atoms with Crippen LogP contribution < -0.4 is 0 Å². The Bertz CT molecular complexity index is 512. The number of halogens is 2. The van der Waals surface area contributed by atoms with Crippen LogP contribution in [0.2, 0.25) is 0 Å². The number of rotatable bonds is 0. The summed E-state index contributed by atoms with van der Waals surface area (Å²) in [7, 11) is 0. The summed E-state index contributed by atoms with van der Waals surface area (Å²) in [6, 6.07) is 3.38. The van der Waals surface area contributed by atoms with Crippen molar-refractivity contribution in [3.8, 4) is 6.07 Å². The summed E-state index contributed by atoms with van der Waals surface area (Å²) in [6.07, 6.45) is 1.36. The van der Waals surface area contributed by atoms with E-state index in [1.54, 1.807) is 0 Å². The fraction of sp³-hybridized carbons (Fsp3) is 0. The van der Waals surface area contributed by atoms with Gasteiger partial charge in [-0.3, -0.25) is 0 Å². The maximum atomic E-state index is 13.3. The number of benzene rings is 1. The van der Waals surface area contributed by atoms with E-state index in [0.29, 0.717) is 11.1 Å². The van der Waals surface area contributed by atoms with Gasteiger partial charge in [-0.2, -0.15) is 5.26 Å². The normalized spacial score (nSPS) is 10.2. The Labute approximate surface area is 81.3 Å². The van der Waals surface area contributed by atoms with E-state index >= 15 is 0 Å². The second-order valence-corrected chi connectivity index (χ2v) is 3.31. The molecule has 0 amide bonds. The Morgan fingerprint density at radius 2 is 2.38 bits per heavy atom. The predicted octanol–water partition coefficient (Wildman–Crippen LogP) is 2.34. The number of nitrogens with zero attached hydrogens (tertiary/aromatic N) is 2. The van der Waals surface area contributed by atoms with E-state index in [1.807, 2.05) is 6.07 Å². The number of hydrogen-bond donors (Lipinski definition) is 1. The van der Waals surface area contributed by atoms with Crippen molar-refractivity contribution in [1.82, 2.24) is 9.97 Å². The molecule has 0 saturated carbocycles. The van der Waals surface area contributed by atoms with E-state index in [1.165, 1.54) is 12.4 Å². The third kappa shape index (κ3) is 1.11. The summed E-state index contributed by atoms with van der Waals surface area (Å²) in [5, 5.41) is 8.73. The van der Waals surface area contributed by atoms with Crippen LogP contribution in [0.5, 0.6) is 0 Å². The number of aromatic amines is 1. The molecule has 2 rings (SSSR count). The highest BCUT2D eigenvalue weighted by molar-refractivity contribution is 9.10. The summed E-state index contributed by atoms with van der Waals surface area (Å²) >= 11 is 3.01. The molecule has 3 nitrogen and oxygen atoms in total. The summed E-state index contributed by atoms with van der Waals surface area (Å²) in [4.78, 5) is 6.49. The van der Waals surface area contributed by atoms with Gasteiger partial charge in [0.15, 0.2) is 5.82 Å². The van der Waals surface area contributed by atoms with Crippen LogP contribution in [0.25, 0.3) is 11.0 Å². The highest BCUT2D eigenvalue weighted by Crippen LogP contribution is 2.25. The molecule has 1 aromatic carbocycles. The van der Waals surface area contributed by atoms with Crippen molar-refractivity contribution < 1.29 is 4.39 Å². The van der Waals surface area contributed by atoms with Crippen molar-refractivity contribution in [3.63, 3.8) is 0 Å². The van der Waals surface area contributed by atoms with Crippen LogP contribution in [0.15, 0.2) is 16.9 Å². The third-order valence-corrected chi connectivity index (χ3v) is 2.29. The van der Waals surface area contributed by atoms with Crippen LogP contribution in [-0.4, -0.2) is 9.97 Å². The quantitative estimate of drug-likeness (QED) is 0.768. The molecule has 0 atom stereocenters. The van der Waals surface area contributed by atoms with Gasteiger partial charge in [0, 0.05) is 0 Å². The van der Waals surface area contributed by atoms with Crippen LogP contribution in [0, 0.1) is 17.1 Å². The standard InChI is InChI=1S/C8H3BrFN3/c9-5-1-4(2-11)7-8(6(5)10)13-3-12-7/h1,3H,(H,12,13). The van der Waals surface area contributed by atoms with Crippen LogP contribution in [-0.2, 0) is 0 Å². The zero-order valence-corrected chi connectivity index (χ0v) is 7.89. The lowest BCUT2D eigenvalue weighted by Crippen LogP contribution is -1.85. The van der Waals surface area contributed by atoms with Crippen molar-refractivity contribution >= 4 is 27.0 Å². The second-order valence-electron chi connectivity index (χ2n) is 2.46. The molecule has 0 aliphatic heterocycles. The van der Waals surface area contributed by atoms with Crippen molar-refractivity contribution in [1.29, 1.82) is 5.26 Å². The summed E-state index contributed by atoms with van der Waals surface area (Å²) in [5.74, 6) is -0.449. The van der Waals surface area contributed by atoms with Gasteiger partial charge in [-0.05, 0) is 22.0 Å². The molecule has 0 unspecified atom stereocenters. The SMILES string of the molecule is N#Cc1cc(Br)c(F)c2nc[nH]c12. The number of nitriles is 1. The minimum atomic E-state index is -0.449. The van der Waals surface area contributed by atoms with Gasteiger partial charge < -0.3 is 4.98 Å². The van der Waals surface area contributed by atoms with Gasteiger partial charge in [0.25, 0.3) is 0 Å². The molecular weight excluding hydrogens is 237 g/mol. The maximum Gasteiger partial charge on any atom is 0.165 e. The molecule has 0 spiro atoms. The Morgan fingerprint density at radius 1 is 1.62 bits per heavy atom. The number of fused-ring (bicyclic) bond motifs is 1. The molecule has 0 aliphatic rings. The van der Waals surface area contributed by atoms with Gasteiger partial charge in [-0.15, -0.1) is 0 Å². The van der Waals surface area contributed by atoms with E-state index in [4.69, 9.17) is 5.26 Å². The van der Waals surface area contributed by atoms with Crippen LogP contribution in [0.3, 0.4) is 0 Å². The number of imidazole rings is 1. The molecule has 2 aromatic rings. The molecular formula is C8H3BrFN3. The molecule has 1 heterocycles. The number of hydrogen-bond acceptors (Lipinski definition) is 2. The first-order chi connectivity index (χ1) is 6.24. The monoisotopic (exact) mass is 239 g/mol. The second kappa shape index (κ2) is 2.82. The smallest absolute Gasteiger partial charge is 0.165 e. The Balaban J connectivity index is 2.97. The molecule has 0 saturated heterocycles. The lowest BCUT2D eigenvalue weighted by molar-refractivity contribution is 0.630. The zero-order chi connectivity index (χ0) is 9.42. The molecule has 1 aromatic heterocycles. The summed E-state index contributed by atoms with van der Waals surface area (Å²) in [5.41, 5.74) is 0.995. The molecule has 0 bridgehead atoms. The first-order valence-electron chi connectivity index (χ1n) is 3.45. The van der Waals surface area contributed by atoms with E-state index in [9.17, 15) is 4.39 Å². The van der Waals surface area contributed by atoms with Gasteiger partial charge in [-0.1, -0.05) is 0 Å². The Morgan fingerprint density at radius 3 is 3.08 bits per heavy atom. The van der Waals surface area contributed by atoms with E-state index in [2.05, 4.69) is 25.9 Å². The van der Waals surface area contributed by atoms with Gasteiger partial charge in [-0.25, -0.2) is 9.37 Å². The molecule has 5 heteroatoms. The van der Waals surface area contributed by atoms with E-state index in [-0.39, 0.29) is 9.99 Å². The molecule has 13 heavy (non-hydrogen) atoms. The van der Waals surface area contributed by atoms with Crippen LogP contribution >= 0.6 is 15.9 Å². The number of H-pyrrole nitrogens is 1.